The molecule has 0 aliphatic carbocycles. The molecule has 35 heavy (non-hydrogen) atoms. The fraction of sp³-hybridized carbons (Fsp3) is 0.111. The molecule has 2 aromatic heterocycles. The van der Waals surface area contributed by atoms with Crippen LogP contribution < -0.4 is 16.4 Å². The molecule has 4 aromatic rings. The molecule has 3 heterocycles. The van der Waals surface area contributed by atoms with E-state index in [1.807, 2.05) is 50.2 Å². The summed E-state index contributed by atoms with van der Waals surface area (Å²) in [6.45, 7) is 3.89. The molecule has 0 unspecified atom stereocenters. The lowest BCUT2D eigenvalue weighted by molar-refractivity contribution is 0.0992. The van der Waals surface area contributed by atoms with Crippen LogP contribution in [0.15, 0.2) is 73.1 Å². The minimum absolute atomic E-state index is 0.142. The highest BCUT2D eigenvalue weighted by molar-refractivity contribution is 6.32. The average Bonchev–Trinajstić information content (AvgIpc) is 2.98. The highest BCUT2D eigenvalue weighted by atomic mass is 35.5. The zero-order valence-corrected chi connectivity index (χ0v) is 20.1. The van der Waals surface area contributed by atoms with E-state index >= 15 is 0 Å². The molecule has 4 N–H and O–H groups in total. The Kier molecular flexibility index (Phi) is 7.08. The number of nitrogens with two attached hydrogens (primary N) is 1. The molecule has 0 saturated heterocycles. The van der Waals surface area contributed by atoms with Gasteiger partial charge in [-0.2, -0.15) is 0 Å². The van der Waals surface area contributed by atoms with Crippen LogP contribution in [-0.2, 0) is 6.42 Å². The topological polar surface area (TPSA) is 110 Å². The normalized spacial score (nSPS) is 11.7. The summed E-state index contributed by atoms with van der Waals surface area (Å²) >= 11 is 5.87. The standard InChI is InChI=1S/C14H12N2O.C13H12ClN3O/c1-9-4-5-12-11(7-9)13(17)8-10-3-2-6-15-14(10)16-12;1-8-4-5-10(15)9(7-8)13(18)17-11-3-2-6-16-12(11)14/h2-7H,8H2,1H3,(H,15,16);2-7H,15H2,1H3,(H,17,18). The molecular formula is C27H24ClN5O2. The first-order chi connectivity index (χ1) is 16.8. The second-order valence-electron chi connectivity index (χ2n) is 8.17. The molecule has 0 atom stereocenters. The van der Waals surface area contributed by atoms with Gasteiger partial charge >= 0.3 is 0 Å². The fourth-order valence-corrected chi connectivity index (χ4v) is 3.79. The quantitative estimate of drug-likeness (QED) is 0.246. The summed E-state index contributed by atoms with van der Waals surface area (Å²) in [4.78, 5) is 32.4. The van der Waals surface area contributed by atoms with Gasteiger partial charge in [-0.25, -0.2) is 9.97 Å². The Morgan fingerprint density at radius 3 is 2.51 bits per heavy atom. The van der Waals surface area contributed by atoms with E-state index < -0.39 is 0 Å². The minimum Gasteiger partial charge on any atom is -0.398 e. The molecule has 0 spiro atoms. The molecule has 5 rings (SSSR count). The number of nitrogens with one attached hydrogen (secondary N) is 2. The molecular weight excluding hydrogens is 462 g/mol. The minimum atomic E-state index is -0.300. The fourth-order valence-electron chi connectivity index (χ4n) is 3.62. The highest BCUT2D eigenvalue weighted by Gasteiger charge is 2.19. The van der Waals surface area contributed by atoms with Gasteiger partial charge in [-0.3, -0.25) is 9.59 Å². The van der Waals surface area contributed by atoms with Crippen LogP contribution in [0.4, 0.5) is 22.9 Å². The number of aryl methyl sites for hydroxylation is 2. The van der Waals surface area contributed by atoms with Gasteiger partial charge in [-0.15, -0.1) is 0 Å². The summed E-state index contributed by atoms with van der Waals surface area (Å²) in [5.74, 6) is 0.623. The number of fused-ring (bicyclic) bond motifs is 2. The maximum atomic E-state index is 12.2. The zero-order valence-electron chi connectivity index (χ0n) is 19.3. The summed E-state index contributed by atoms with van der Waals surface area (Å²) in [5, 5.41) is 6.16. The molecule has 0 fully saturated rings. The van der Waals surface area contributed by atoms with Crippen LogP contribution in [-0.4, -0.2) is 21.7 Å². The van der Waals surface area contributed by atoms with Crippen molar-refractivity contribution in [3.63, 3.8) is 0 Å². The van der Waals surface area contributed by atoms with Crippen molar-refractivity contribution in [1.29, 1.82) is 0 Å². The molecule has 176 valence electrons. The number of hydrogen-bond donors (Lipinski definition) is 3. The van der Waals surface area contributed by atoms with Gasteiger partial charge in [0.2, 0.25) is 0 Å². The molecule has 8 heteroatoms. The largest absolute Gasteiger partial charge is 0.398 e. The molecule has 0 bridgehead atoms. The lowest BCUT2D eigenvalue weighted by Crippen LogP contribution is -2.14. The van der Waals surface area contributed by atoms with E-state index in [0.29, 0.717) is 23.4 Å². The SMILES string of the molecule is Cc1ccc(N)c(C(=O)Nc2cccnc2Cl)c1.Cc1ccc2c(c1)C(=O)Cc1cccnc1N2. The lowest BCUT2D eigenvalue weighted by Gasteiger charge is -2.09. The molecule has 2 aromatic carbocycles. The Hall–Kier alpha value is -4.23. The predicted molar refractivity (Wildman–Crippen MR) is 140 cm³/mol. The summed E-state index contributed by atoms with van der Waals surface area (Å²) in [6, 6.07) is 18.3. The Balaban J connectivity index is 0.000000165. The number of amides is 1. The van der Waals surface area contributed by atoms with Crippen molar-refractivity contribution in [2.75, 3.05) is 16.4 Å². The van der Waals surface area contributed by atoms with Crippen molar-refractivity contribution in [2.45, 2.75) is 20.3 Å². The third-order valence-corrected chi connectivity index (χ3v) is 5.73. The van der Waals surface area contributed by atoms with Crippen molar-refractivity contribution in [1.82, 2.24) is 9.97 Å². The number of hydrogen-bond acceptors (Lipinski definition) is 6. The van der Waals surface area contributed by atoms with E-state index in [0.717, 1.165) is 33.8 Å². The Morgan fingerprint density at radius 1 is 1.00 bits per heavy atom. The second kappa shape index (κ2) is 10.4. The van der Waals surface area contributed by atoms with Crippen LogP contribution in [0.2, 0.25) is 5.15 Å². The monoisotopic (exact) mass is 485 g/mol. The van der Waals surface area contributed by atoms with E-state index in [9.17, 15) is 9.59 Å². The smallest absolute Gasteiger partial charge is 0.257 e. The molecule has 1 aliphatic rings. The number of nitrogen functional groups attached to an aromatic ring is 1. The van der Waals surface area contributed by atoms with E-state index in [1.54, 1.807) is 36.7 Å². The maximum absolute atomic E-state index is 12.2. The number of aromatic nitrogens is 2. The number of rotatable bonds is 2. The van der Waals surface area contributed by atoms with Crippen molar-refractivity contribution in [2.24, 2.45) is 0 Å². The van der Waals surface area contributed by atoms with E-state index in [1.165, 1.54) is 0 Å². The van der Waals surface area contributed by atoms with Crippen molar-refractivity contribution >= 4 is 46.2 Å². The molecule has 0 radical (unpaired) electrons. The van der Waals surface area contributed by atoms with Crippen molar-refractivity contribution < 1.29 is 9.59 Å². The number of ketones is 1. The van der Waals surface area contributed by atoms with Gasteiger partial charge in [-0.1, -0.05) is 40.9 Å². The van der Waals surface area contributed by atoms with Crippen molar-refractivity contribution in [3.05, 3.63) is 106 Å². The van der Waals surface area contributed by atoms with E-state index in [4.69, 9.17) is 17.3 Å². The van der Waals surface area contributed by atoms with Gasteiger partial charge < -0.3 is 16.4 Å². The first-order valence-electron chi connectivity index (χ1n) is 10.9. The predicted octanol–water partition coefficient (Wildman–Crippen LogP) is 5.75. The first kappa shape index (κ1) is 23.9. The molecule has 0 saturated carbocycles. The Bertz CT molecular complexity index is 1420. The number of benzene rings is 2. The van der Waals surface area contributed by atoms with Gasteiger partial charge in [-0.05, 0) is 56.3 Å². The lowest BCUT2D eigenvalue weighted by atomic mass is 10.0. The summed E-state index contributed by atoms with van der Waals surface area (Å²) < 4.78 is 0. The van der Waals surface area contributed by atoms with Crippen LogP contribution in [0.3, 0.4) is 0 Å². The summed E-state index contributed by atoms with van der Waals surface area (Å²) in [6.07, 6.45) is 3.70. The Morgan fingerprint density at radius 2 is 1.71 bits per heavy atom. The van der Waals surface area contributed by atoms with Crippen molar-refractivity contribution in [3.8, 4) is 0 Å². The first-order valence-corrected chi connectivity index (χ1v) is 11.3. The average molecular weight is 486 g/mol. The van der Waals surface area contributed by atoms with Crippen LogP contribution in [0, 0.1) is 13.8 Å². The van der Waals surface area contributed by atoms with Crippen LogP contribution in [0.25, 0.3) is 0 Å². The van der Waals surface area contributed by atoms with Gasteiger partial charge in [0.1, 0.15) is 5.82 Å². The van der Waals surface area contributed by atoms with Crippen LogP contribution in [0.1, 0.15) is 37.4 Å². The number of Topliss-reactive ketones (excluding diaryl/α,β-unsaturated/α-hetero) is 1. The van der Waals surface area contributed by atoms with Gasteiger partial charge in [0.05, 0.1) is 16.9 Å². The number of carbonyl (C=O) groups is 2. The molecule has 1 aliphatic heterocycles. The summed E-state index contributed by atoms with van der Waals surface area (Å²) in [5.41, 5.74) is 11.7. The Labute approximate surface area is 208 Å². The molecule has 7 nitrogen and oxygen atoms in total. The third-order valence-electron chi connectivity index (χ3n) is 5.43. The number of halogens is 1. The van der Waals surface area contributed by atoms with Gasteiger partial charge in [0, 0.05) is 35.6 Å². The number of nitrogens with zero attached hydrogens (tertiary/aromatic N) is 2. The number of pyridine rings is 2. The third kappa shape index (κ3) is 5.65. The second-order valence-corrected chi connectivity index (χ2v) is 8.53. The van der Waals surface area contributed by atoms with E-state index in [-0.39, 0.29) is 16.8 Å². The van der Waals surface area contributed by atoms with Crippen LogP contribution in [0.5, 0.6) is 0 Å². The van der Waals surface area contributed by atoms with Gasteiger partial charge in [0.15, 0.2) is 10.9 Å². The zero-order chi connectivity index (χ0) is 24.9. The van der Waals surface area contributed by atoms with Gasteiger partial charge in [0.25, 0.3) is 5.91 Å². The van der Waals surface area contributed by atoms with Crippen LogP contribution >= 0.6 is 11.6 Å². The molecule has 1 amide bonds. The number of carbonyl (C=O) groups excluding carboxylic acids is 2. The summed E-state index contributed by atoms with van der Waals surface area (Å²) in [7, 11) is 0. The number of anilines is 4. The maximum Gasteiger partial charge on any atom is 0.257 e. The highest BCUT2D eigenvalue weighted by Crippen LogP contribution is 2.28. The van der Waals surface area contributed by atoms with E-state index in [2.05, 4.69) is 20.6 Å².